The molecule has 7 rings (SSSR count). The SMILES string of the molecule is COc1nc(-c2ccnc(-c3cccc(NC(=O)c4nc5c(n4C)CCN(C(=O)C4CCN(C(C)=O)CC4)C5)c3Cl)c2Cl)ccc1CNC[C@@H]1CCC(=O)N1. The van der Waals surface area contributed by atoms with E-state index in [-0.39, 0.29) is 40.5 Å². The van der Waals surface area contributed by atoms with Crippen molar-refractivity contribution in [2.45, 2.75) is 58.2 Å². The Hall–Kier alpha value is -5.05. The van der Waals surface area contributed by atoms with Gasteiger partial charge in [-0.15, -0.1) is 0 Å². The van der Waals surface area contributed by atoms with Crippen molar-refractivity contribution in [2.75, 3.05) is 38.6 Å². The second-order valence-corrected chi connectivity index (χ2v) is 14.9. The zero-order valence-electron chi connectivity index (χ0n) is 31.0. The van der Waals surface area contributed by atoms with Crippen molar-refractivity contribution in [3.63, 3.8) is 0 Å². The molecule has 14 nitrogen and oxygen atoms in total. The Morgan fingerprint density at radius 1 is 0.964 bits per heavy atom. The minimum Gasteiger partial charge on any atom is -0.481 e. The third-order valence-electron chi connectivity index (χ3n) is 10.7. The zero-order valence-corrected chi connectivity index (χ0v) is 32.5. The van der Waals surface area contributed by atoms with Crippen LogP contribution in [0.3, 0.4) is 0 Å². The summed E-state index contributed by atoms with van der Waals surface area (Å²) in [4.78, 5) is 67.9. The summed E-state index contributed by atoms with van der Waals surface area (Å²) < 4.78 is 7.39. The van der Waals surface area contributed by atoms with E-state index >= 15 is 0 Å². The molecule has 1 aromatic carbocycles. The molecule has 4 aromatic rings. The molecule has 3 aliphatic rings. The maximum atomic E-state index is 13.7. The summed E-state index contributed by atoms with van der Waals surface area (Å²) >= 11 is 13.9. The number of methoxy groups -OCH3 is 1. The zero-order chi connectivity index (χ0) is 38.8. The highest BCUT2D eigenvalue weighted by atomic mass is 35.5. The molecule has 288 valence electrons. The molecule has 0 unspecified atom stereocenters. The molecule has 16 heteroatoms. The van der Waals surface area contributed by atoms with Crippen molar-refractivity contribution in [2.24, 2.45) is 13.0 Å². The van der Waals surface area contributed by atoms with Gasteiger partial charge in [0.1, 0.15) is 0 Å². The molecule has 4 amide bonds. The molecule has 3 aromatic heterocycles. The normalized spacial score (nSPS) is 17.2. The Bertz CT molecular complexity index is 2150. The van der Waals surface area contributed by atoms with Gasteiger partial charge in [0.15, 0.2) is 5.82 Å². The van der Waals surface area contributed by atoms with E-state index in [4.69, 9.17) is 32.9 Å². The number of fused-ring (bicyclic) bond motifs is 1. The highest BCUT2D eigenvalue weighted by Crippen LogP contribution is 2.40. The number of piperidine rings is 1. The number of pyridine rings is 2. The number of rotatable bonds is 10. The average molecular weight is 789 g/mol. The Morgan fingerprint density at radius 3 is 2.49 bits per heavy atom. The number of carbonyl (C=O) groups excluding carboxylic acids is 4. The number of halogens is 2. The topological polar surface area (TPSA) is 164 Å². The van der Waals surface area contributed by atoms with Crippen LogP contribution in [0, 0.1) is 5.92 Å². The highest BCUT2D eigenvalue weighted by molar-refractivity contribution is 6.39. The lowest BCUT2D eigenvalue weighted by Crippen LogP contribution is -2.45. The van der Waals surface area contributed by atoms with Crippen molar-refractivity contribution in [3.05, 3.63) is 75.4 Å². The van der Waals surface area contributed by atoms with Gasteiger partial charge in [-0.05, 0) is 37.5 Å². The number of imidazole rings is 1. The number of carbonyl (C=O) groups is 4. The van der Waals surface area contributed by atoms with Gasteiger partial charge < -0.3 is 35.1 Å². The van der Waals surface area contributed by atoms with E-state index < -0.39 is 5.91 Å². The van der Waals surface area contributed by atoms with Gasteiger partial charge >= 0.3 is 0 Å². The van der Waals surface area contributed by atoms with Crippen LogP contribution < -0.4 is 20.7 Å². The van der Waals surface area contributed by atoms with Gasteiger partial charge in [0.25, 0.3) is 5.91 Å². The van der Waals surface area contributed by atoms with Crippen LogP contribution in [0.25, 0.3) is 22.5 Å². The van der Waals surface area contributed by atoms with Crippen LogP contribution in [0.4, 0.5) is 5.69 Å². The summed E-state index contributed by atoms with van der Waals surface area (Å²) in [6, 6.07) is 10.9. The van der Waals surface area contributed by atoms with E-state index in [0.29, 0.717) is 110 Å². The third kappa shape index (κ3) is 8.03. The molecule has 0 aliphatic carbocycles. The molecule has 0 saturated carbocycles. The van der Waals surface area contributed by atoms with Crippen LogP contribution in [0.1, 0.15) is 60.2 Å². The van der Waals surface area contributed by atoms with E-state index in [2.05, 4.69) is 25.9 Å². The van der Waals surface area contributed by atoms with Crippen LogP contribution in [0.15, 0.2) is 42.6 Å². The fourth-order valence-electron chi connectivity index (χ4n) is 7.58. The number of benzene rings is 1. The first-order chi connectivity index (χ1) is 26.5. The quantitative estimate of drug-likeness (QED) is 0.208. The van der Waals surface area contributed by atoms with Crippen molar-refractivity contribution in [1.29, 1.82) is 0 Å². The lowest BCUT2D eigenvalue weighted by atomic mass is 9.94. The van der Waals surface area contributed by atoms with Gasteiger partial charge in [-0.25, -0.2) is 9.97 Å². The molecule has 3 N–H and O–H groups in total. The number of nitrogens with zero attached hydrogens (tertiary/aromatic N) is 6. The number of ether oxygens (including phenoxy) is 1. The fourth-order valence-corrected chi connectivity index (χ4v) is 8.15. The first-order valence-electron chi connectivity index (χ1n) is 18.4. The number of hydrogen-bond acceptors (Lipinski definition) is 9. The molecular formula is C39H43Cl2N9O5. The summed E-state index contributed by atoms with van der Waals surface area (Å²) in [7, 11) is 3.36. The molecule has 0 bridgehead atoms. The summed E-state index contributed by atoms with van der Waals surface area (Å²) in [6.07, 6.45) is 4.84. The Morgan fingerprint density at radius 2 is 1.76 bits per heavy atom. The minimum atomic E-state index is -0.447. The molecule has 6 heterocycles. The second kappa shape index (κ2) is 16.4. The van der Waals surface area contributed by atoms with Crippen LogP contribution in [-0.4, -0.2) is 92.3 Å². The number of anilines is 1. The maximum absolute atomic E-state index is 13.7. The minimum absolute atomic E-state index is 0.0330. The van der Waals surface area contributed by atoms with Crippen molar-refractivity contribution >= 4 is 52.5 Å². The Balaban J connectivity index is 1.04. The van der Waals surface area contributed by atoms with Crippen molar-refractivity contribution in [1.82, 2.24) is 40.0 Å². The maximum Gasteiger partial charge on any atom is 0.291 e. The smallest absolute Gasteiger partial charge is 0.291 e. The van der Waals surface area contributed by atoms with Crippen molar-refractivity contribution < 1.29 is 23.9 Å². The molecule has 3 aliphatic heterocycles. The summed E-state index contributed by atoms with van der Waals surface area (Å²) in [5, 5.41) is 9.81. The summed E-state index contributed by atoms with van der Waals surface area (Å²) in [5.74, 6) is 0.249. The first kappa shape index (κ1) is 38.2. The largest absolute Gasteiger partial charge is 0.481 e. The number of aromatic nitrogens is 4. The van der Waals surface area contributed by atoms with Gasteiger partial charge in [0, 0.05) is 100 Å². The lowest BCUT2D eigenvalue weighted by Gasteiger charge is -2.35. The molecule has 0 spiro atoms. The number of likely N-dealkylation sites (tertiary alicyclic amines) is 1. The predicted octanol–water partition coefficient (Wildman–Crippen LogP) is 4.62. The van der Waals surface area contributed by atoms with Gasteiger partial charge in [0.05, 0.1) is 46.5 Å². The van der Waals surface area contributed by atoms with Gasteiger partial charge in [-0.2, -0.15) is 0 Å². The van der Waals surface area contributed by atoms with Gasteiger partial charge in [0.2, 0.25) is 23.6 Å². The standard InChI is InChI=1S/C39H43Cl2N9O5/c1-22(51)49-16-12-23(13-17-49)39(54)50-18-14-31-30(21-50)45-36(48(31)2)37(53)46-29-6-4-5-27(33(29)40)35-34(41)26(11-15-43-35)28-9-7-24(38(47-28)55-3)19-42-20-25-8-10-32(52)44-25/h4-7,9,11,15,23,25,42H,8,10,12-14,16-21H2,1-3H3,(H,44,52)(H,46,53)/t25-/m0/s1. The molecule has 55 heavy (non-hydrogen) atoms. The number of amides is 4. The second-order valence-electron chi connectivity index (χ2n) is 14.1. The van der Waals surface area contributed by atoms with E-state index in [1.54, 1.807) is 61.0 Å². The predicted molar refractivity (Wildman–Crippen MR) is 208 cm³/mol. The van der Waals surface area contributed by atoms with Crippen LogP contribution in [0.2, 0.25) is 10.0 Å². The molecule has 0 radical (unpaired) electrons. The Labute approximate surface area is 328 Å². The van der Waals surface area contributed by atoms with Gasteiger partial charge in [-0.3, -0.25) is 24.2 Å². The fraction of sp³-hybridized carbons (Fsp3) is 0.410. The van der Waals surface area contributed by atoms with E-state index in [1.165, 1.54) is 0 Å². The number of hydrogen-bond donors (Lipinski definition) is 3. The van der Waals surface area contributed by atoms with E-state index in [0.717, 1.165) is 17.7 Å². The van der Waals surface area contributed by atoms with E-state index in [9.17, 15) is 19.2 Å². The molecular weight excluding hydrogens is 745 g/mol. The first-order valence-corrected chi connectivity index (χ1v) is 19.2. The monoisotopic (exact) mass is 787 g/mol. The van der Waals surface area contributed by atoms with Crippen LogP contribution in [0.5, 0.6) is 5.88 Å². The van der Waals surface area contributed by atoms with Crippen molar-refractivity contribution in [3.8, 4) is 28.4 Å². The van der Waals surface area contributed by atoms with Crippen LogP contribution >= 0.6 is 23.2 Å². The lowest BCUT2D eigenvalue weighted by molar-refractivity contribution is -0.140. The summed E-state index contributed by atoms with van der Waals surface area (Å²) in [5.41, 5.74) is 4.93. The summed E-state index contributed by atoms with van der Waals surface area (Å²) in [6.45, 7) is 4.73. The Kier molecular flexibility index (Phi) is 11.4. The molecule has 1 atom stereocenters. The average Bonchev–Trinajstić information content (AvgIpc) is 3.77. The van der Waals surface area contributed by atoms with Gasteiger partial charge in [-0.1, -0.05) is 41.4 Å². The molecule has 2 fully saturated rings. The third-order valence-corrected chi connectivity index (χ3v) is 11.4. The molecule has 2 saturated heterocycles. The highest BCUT2D eigenvalue weighted by Gasteiger charge is 2.33. The van der Waals surface area contributed by atoms with E-state index in [1.807, 2.05) is 17.0 Å². The van der Waals surface area contributed by atoms with Crippen LogP contribution in [-0.2, 0) is 40.9 Å². The number of nitrogens with one attached hydrogen (secondary N) is 3.